The van der Waals surface area contributed by atoms with Gasteiger partial charge >= 0.3 is 0 Å². The molecule has 0 aliphatic rings. The molecule has 94 valence electrons. The van der Waals surface area contributed by atoms with Gasteiger partial charge in [0.05, 0.1) is 5.69 Å². The average Bonchev–Trinajstić information content (AvgIpc) is 3.11. The molecule has 3 heteroatoms. The van der Waals surface area contributed by atoms with Gasteiger partial charge in [-0.15, -0.1) is 11.3 Å². The summed E-state index contributed by atoms with van der Waals surface area (Å²) in [5, 5.41) is 2.06. The molecule has 0 unspecified atom stereocenters. The molecular formula is C16H13NOS. The number of H-pyrrole nitrogens is 1. The fourth-order valence-electron chi connectivity index (χ4n) is 2.02. The quantitative estimate of drug-likeness (QED) is 0.714. The van der Waals surface area contributed by atoms with Gasteiger partial charge in [0.25, 0.3) is 0 Å². The molecule has 2 aromatic heterocycles. The Kier molecular flexibility index (Phi) is 3.29. The van der Waals surface area contributed by atoms with Crippen LogP contribution in [0.3, 0.4) is 0 Å². The van der Waals surface area contributed by atoms with E-state index in [1.165, 1.54) is 4.88 Å². The molecule has 2 nitrogen and oxygen atoms in total. The van der Waals surface area contributed by atoms with E-state index in [1.54, 1.807) is 11.3 Å². The molecule has 0 atom stereocenters. The first-order valence-electron chi connectivity index (χ1n) is 6.13. The van der Waals surface area contributed by atoms with Gasteiger partial charge in [0.15, 0.2) is 0 Å². The van der Waals surface area contributed by atoms with Crippen LogP contribution in [-0.4, -0.2) is 10.8 Å². The van der Waals surface area contributed by atoms with E-state index in [0.717, 1.165) is 12.1 Å². The molecule has 0 saturated heterocycles. The van der Waals surface area contributed by atoms with Crippen molar-refractivity contribution in [3.05, 3.63) is 81.8 Å². The Hall–Kier alpha value is -2.13. The molecule has 3 rings (SSSR count). The Morgan fingerprint density at radius 1 is 1.00 bits per heavy atom. The minimum atomic E-state index is 0.0398. The Morgan fingerprint density at radius 3 is 2.58 bits per heavy atom. The lowest BCUT2D eigenvalue weighted by Crippen LogP contribution is -2.01. The van der Waals surface area contributed by atoms with Crippen LogP contribution in [0.5, 0.6) is 0 Å². The molecular weight excluding hydrogens is 254 g/mol. The predicted octanol–water partition coefficient (Wildman–Crippen LogP) is 3.90. The van der Waals surface area contributed by atoms with Crippen LogP contribution in [0, 0.1) is 0 Å². The fraction of sp³-hybridized carbons (Fsp3) is 0.0625. The molecule has 0 aliphatic heterocycles. The number of hydrogen-bond acceptors (Lipinski definition) is 2. The van der Waals surface area contributed by atoms with Crippen molar-refractivity contribution in [1.82, 2.24) is 4.98 Å². The molecule has 3 aromatic rings. The second kappa shape index (κ2) is 5.24. The van der Waals surface area contributed by atoms with Crippen molar-refractivity contribution < 1.29 is 4.79 Å². The maximum atomic E-state index is 12.2. The predicted molar refractivity (Wildman–Crippen MR) is 77.8 cm³/mol. The summed E-state index contributed by atoms with van der Waals surface area (Å²) in [6.45, 7) is 0. The number of carbonyl (C=O) groups excluding carboxylic acids is 1. The first kappa shape index (κ1) is 11.9. The summed E-state index contributed by atoms with van der Waals surface area (Å²) in [7, 11) is 0. The normalized spacial score (nSPS) is 10.5. The maximum absolute atomic E-state index is 12.2. The van der Waals surface area contributed by atoms with E-state index in [4.69, 9.17) is 0 Å². The van der Waals surface area contributed by atoms with Crippen molar-refractivity contribution in [3.8, 4) is 0 Å². The highest BCUT2D eigenvalue weighted by molar-refractivity contribution is 7.09. The summed E-state index contributed by atoms with van der Waals surface area (Å²) in [5.41, 5.74) is 2.44. The number of rotatable bonds is 4. The lowest BCUT2D eigenvalue weighted by Gasteiger charge is -1.98. The maximum Gasteiger partial charge on any atom is 0.209 e. The van der Waals surface area contributed by atoms with E-state index < -0.39 is 0 Å². The number of benzene rings is 1. The van der Waals surface area contributed by atoms with Crippen LogP contribution in [0.4, 0.5) is 0 Å². The van der Waals surface area contributed by atoms with Crippen molar-refractivity contribution in [1.29, 1.82) is 0 Å². The molecule has 1 aromatic carbocycles. The fourth-order valence-corrected chi connectivity index (χ4v) is 2.75. The molecule has 0 spiro atoms. The zero-order chi connectivity index (χ0) is 13.1. The summed E-state index contributed by atoms with van der Waals surface area (Å²) < 4.78 is 0. The number of aromatic nitrogens is 1. The van der Waals surface area contributed by atoms with E-state index >= 15 is 0 Å². The molecule has 0 aliphatic carbocycles. The minimum Gasteiger partial charge on any atom is -0.355 e. The number of ketones is 1. The third-order valence-corrected chi connectivity index (χ3v) is 3.85. The molecule has 0 fully saturated rings. The van der Waals surface area contributed by atoms with Gasteiger partial charge in [0.1, 0.15) is 0 Å². The number of hydrogen-bond donors (Lipinski definition) is 1. The minimum absolute atomic E-state index is 0.0398. The molecule has 0 bridgehead atoms. The number of carbonyl (C=O) groups is 1. The highest BCUT2D eigenvalue weighted by atomic mass is 32.1. The topological polar surface area (TPSA) is 32.9 Å². The van der Waals surface area contributed by atoms with Crippen LogP contribution in [0.15, 0.2) is 60.0 Å². The number of aromatic amines is 1. The van der Waals surface area contributed by atoms with Crippen LogP contribution >= 0.6 is 11.3 Å². The zero-order valence-electron chi connectivity index (χ0n) is 10.3. The smallest absolute Gasteiger partial charge is 0.209 e. The standard InChI is InChI=1S/C16H13NOS/c18-16(12-5-2-1-3-6-12)15-9-8-13(17-15)11-14-7-4-10-19-14/h1-10,17H,11H2. The van der Waals surface area contributed by atoms with Gasteiger partial charge in [0.2, 0.25) is 5.78 Å². The average molecular weight is 267 g/mol. The van der Waals surface area contributed by atoms with Gasteiger partial charge in [-0.1, -0.05) is 36.4 Å². The van der Waals surface area contributed by atoms with Gasteiger partial charge in [-0.3, -0.25) is 4.79 Å². The van der Waals surface area contributed by atoms with Crippen molar-refractivity contribution in [3.63, 3.8) is 0 Å². The van der Waals surface area contributed by atoms with Crippen molar-refractivity contribution >= 4 is 17.1 Å². The molecule has 19 heavy (non-hydrogen) atoms. The van der Waals surface area contributed by atoms with Crippen LogP contribution in [-0.2, 0) is 6.42 Å². The van der Waals surface area contributed by atoms with Gasteiger partial charge in [0, 0.05) is 22.6 Å². The Morgan fingerprint density at radius 2 is 1.84 bits per heavy atom. The zero-order valence-corrected chi connectivity index (χ0v) is 11.1. The monoisotopic (exact) mass is 267 g/mol. The van der Waals surface area contributed by atoms with E-state index in [9.17, 15) is 4.79 Å². The molecule has 0 amide bonds. The summed E-state index contributed by atoms with van der Waals surface area (Å²) in [6.07, 6.45) is 0.847. The van der Waals surface area contributed by atoms with Crippen LogP contribution in [0.2, 0.25) is 0 Å². The summed E-state index contributed by atoms with van der Waals surface area (Å²) in [4.78, 5) is 16.7. The first-order valence-corrected chi connectivity index (χ1v) is 7.01. The SMILES string of the molecule is O=C(c1ccccc1)c1ccc(Cc2cccs2)[nH]1. The van der Waals surface area contributed by atoms with Gasteiger partial charge in [-0.2, -0.15) is 0 Å². The molecule has 0 radical (unpaired) electrons. The van der Waals surface area contributed by atoms with Crippen LogP contribution < -0.4 is 0 Å². The van der Waals surface area contributed by atoms with Gasteiger partial charge in [-0.25, -0.2) is 0 Å². The van der Waals surface area contributed by atoms with Crippen LogP contribution in [0.1, 0.15) is 26.6 Å². The van der Waals surface area contributed by atoms with Crippen molar-refractivity contribution in [2.75, 3.05) is 0 Å². The number of nitrogens with one attached hydrogen (secondary N) is 1. The third kappa shape index (κ3) is 2.66. The van der Waals surface area contributed by atoms with Crippen LogP contribution in [0.25, 0.3) is 0 Å². The lowest BCUT2D eigenvalue weighted by atomic mass is 10.1. The number of thiophene rings is 1. The molecule has 2 heterocycles. The Balaban J connectivity index is 1.80. The van der Waals surface area contributed by atoms with Gasteiger partial charge < -0.3 is 4.98 Å². The first-order chi connectivity index (χ1) is 9.33. The summed E-state index contributed by atoms with van der Waals surface area (Å²) >= 11 is 1.73. The third-order valence-electron chi connectivity index (χ3n) is 2.97. The summed E-state index contributed by atoms with van der Waals surface area (Å²) in [6, 6.07) is 17.3. The Labute approximate surface area is 115 Å². The highest BCUT2D eigenvalue weighted by Gasteiger charge is 2.10. The molecule has 0 saturated carbocycles. The lowest BCUT2D eigenvalue weighted by molar-refractivity contribution is 0.103. The molecule has 1 N–H and O–H groups in total. The highest BCUT2D eigenvalue weighted by Crippen LogP contribution is 2.16. The largest absolute Gasteiger partial charge is 0.355 e. The summed E-state index contributed by atoms with van der Waals surface area (Å²) in [5.74, 6) is 0.0398. The second-order valence-corrected chi connectivity index (χ2v) is 5.38. The van der Waals surface area contributed by atoms with Crippen molar-refractivity contribution in [2.45, 2.75) is 6.42 Å². The van der Waals surface area contributed by atoms with E-state index in [-0.39, 0.29) is 5.78 Å². The van der Waals surface area contributed by atoms with E-state index in [2.05, 4.69) is 16.4 Å². The van der Waals surface area contributed by atoms with E-state index in [1.807, 2.05) is 48.5 Å². The Bertz CT molecular complexity index is 668. The van der Waals surface area contributed by atoms with Crippen molar-refractivity contribution in [2.24, 2.45) is 0 Å². The van der Waals surface area contributed by atoms with Gasteiger partial charge in [-0.05, 0) is 23.6 Å². The second-order valence-electron chi connectivity index (χ2n) is 4.35. The van der Waals surface area contributed by atoms with E-state index in [0.29, 0.717) is 11.3 Å².